The molecule has 1 aliphatic rings. The average Bonchev–Trinajstić information content (AvgIpc) is 2.44. The normalized spacial score (nSPS) is 19.0. The number of hydrogen-bond donors (Lipinski definition) is 0. The van der Waals surface area contributed by atoms with Crippen molar-refractivity contribution in [2.75, 3.05) is 26.2 Å². The Hall–Kier alpha value is -1.44. The maximum Gasteiger partial charge on any atom is 0.0976 e. The van der Waals surface area contributed by atoms with Crippen LogP contribution in [-0.2, 0) is 6.54 Å². The average molecular weight is 258 g/mol. The number of aryl methyl sites for hydroxylation is 1. The molecule has 0 aliphatic carbocycles. The molecule has 0 bridgehead atoms. The van der Waals surface area contributed by atoms with Crippen molar-refractivity contribution in [2.45, 2.75) is 32.9 Å². The number of nitrogens with zero attached hydrogens (tertiary/aromatic N) is 4. The fraction of sp³-hybridized carbons (Fsp3) is 0.600. The molecular formula is C15H22N4. The first-order chi connectivity index (χ1) is 9.24. The molecule has 0 aromatic carbocycles. The molecule has 1 fully saturated rings. The molecule has 19 heavy (non-hydrogen) atoms. The molecule has 1 saturated heterocycles. The summed E-state index contributed by atoms with van der Waals surface area (Å²) in [6.45, 7) is 9.13. The van der Waals surface area contributed by atoms with Gasteiger partial charge in [0, 0.05) is 38.9 Å². The monoisotopic (exact) mass is 258 g/mol. The van der Waals surface area contributed by atoms with Crippen LogP contribution in [0.4, 0.5) is 0 Å². The summed E-state index contributed by atoms with van der Waals surface area (Å²) in [4.78, 5) is 9.17. The quantitative estimate of drug-likeness (QED) is 0.826. The maximum absolute atomic E-state index is 9.10. The van der Waals surface area contributed by atoms with Crippen LogP contribution >= 0.6 is 0 Å². The van der Waals surface area contributed by atoms with Gasteiger partial charge >= 0.3 is 0 Å². The highest BCUT2D eigenvalue weighted by atomic mass is 15.3. The van der Waals surface area contributed by atoms with Gasteiger partial charge in [-0.1, -0.05) is 13.0 Å². The lowest BCUT2D eigenvalue weighted by Crippen LogP contribution is -2.49. The first-order valence-electron chi connectivity index (χ1n) is 7.01. The van der Waals surface area contributed by atoms with Crippen molar-refractivity contribution in [1.29, 1.82) is 5.26 Å². The topological polar surface area (TPSA) is 43.2 Å². The van der Waals surface area contributed by atoms with Gasteiger partial charge in [-0.2, -0.15) is 5.26 Å². The zero-order valence-corrected chi connectivity index (χ0v) is 11.8. The van der Waals surface area contributed by atoms with E-state index in [0.29, 0.717) is 0 Å². The lowest BCUT2D eigenvalue weighted by Gasteiger charge is -2.36. The lowest BCUT2D eigenvalue weighted by molar-refractivity contribution is 0.107. The highest BCUT2D eigenvalue weighted by Crippen LogP contribution is 2.12. The molecule has 0 radical (unpaired) electrons. The lowest BCUT2D eigenvalue weighted by atomic mass is 10.1. The van der Waals surface area contributed by atoms with Gasteiger partial charge in [-0.05, 0) is 25.0 Å². The SMILES string of the molecule is CCC(C#N)N1CCN(Cc2ncccc2C)CC1. The van der Waals surface area contributed by atoms with Crippen LogP contribution in [0.1, 0.15) is 24.6 Å². The number of hydrogen-bond acceptors (Lipinski definition) is 4. The number of aromatic nitrogens is 1. The summed E-state index contributed by atoms with van der Waals surface area (Å²) in [5.74, 6) is 0. The smallest absolute Gasteiger partial charge is 0.0976 e. The summed E-state index contributed by atoms with van der Waals surface area (Å²) in [6.07, 6.45) is 2.78. The van der Waals surface area contributed by atoms with Gasteiger partial charge in [0.05, 0.1) is 17.8 Å². The molecule has 1 aliphatic heterocycles. The fourth-order valence-corrected chi connectivity index (χ4v) is 2.56. The van der Waals surface area contributed by atoms with Gasteiger partial charge in [-0.25, -0.2) is 0 Å². The molecule has 1 atom stereocenters. The third-order valence-corrected chi connectivity index (χ3v) is 3.87. The molecule has 0 amide bonds. The van der Waals surface area contributed by atoms with E-state index < -0.39 is 0 Å². The first-order valence-corrected chi connectivity index (χ1v) is 7.01. The van der Waals surface area contributed by atoms with E-state index in [1.807, 2.05) is 12.3 Å². The minimum absolute atomic E-state index is 0.0822. The summed E-state index contributed by atoms with van der Waals surface area (Å²) in [5.41, 5.74) is 2.43. The van der Waals surface area contributed by atoms with Crippen LogP contribution in [0.2, 0.25) is 0 Å². The number of piperazine rings is 1. The van der Waals surface area contributed by atoms with Gasteiger partial charge in [-0.3, -0.25) is 14.8 Å². The summed E-state index contributed by atoms with van der Waals surface area (Å²) >= 11 is 0. The third-order valence-electron chi connectivity index (χ3n) is 3.87. The number of pyridine rings is 1. The summed E-state index contributed by atoms with van der Waals surface area (Å²) < 4.78 is 0. The zero-order valence-electron chi connectivity index (χ0n) is 11.8. The van der Waals surface area contributed by atoms with E-state index in [1.54, 1.807) is 0 Å². The Morgan fingerprint density at radius 1 is 1.37 bits per heavy atom. The molecule has 102 valence electrons. The molecule has 4 heteroatoms. The molecule has 1 aromatic rings. The molecule has 2 heterocycles. The minimum atomic E-state index is 0.0822. The van der Waals surface area contributed by atoms with E-state index in [9.17, 15) is 0 Å². The molecular weight excluding hydrogens is 236 g/mol. The van der Waals surface area contributed by atoms with E-state index in [1.165, 1.54) is 11.3 Å². The van der Waals surface area contributed by atoms with Crippen LogP contribution in [0.25, 0.3) is 0 Å². The van der Waals surface area contributed by atoms with Crippen molar-refractivity contribution < 1.29 is 0 Å². The van der Waals surface area contributed by atoms with Crippen molar-refractivity contribution >= 4 is 0 Å². The molecule has 2 rings (SSSR count). The van der Waals surface area contributed by atoms with Crippen LogP contribution in [0.3, 0.4) is 0 Å². The zero-order chi connectivity index (χ0) is 13.7. The standard InChI is InChI=1S/C15H22N4/c1-3-14(11-16)19-9-7-18(8-10-19)12-15-13(2)5-4-6-17-15/h4-6,14H,3,7-10,12H2,1-2H3. The predicted octanol–water partition coefficient (Wildman–Crippen LogP) is 1.81. The third kappa shape index (κ3) is 3.52. The van der Waals surface area contributed by atoms with Crippen LogP contribution < -0.4 is 0 Å². The highest BCUT2D eigenvalue weighted by molar-refractivity contribution is 5.17. The Bertz CT molecular complexity index is 444. The van der Waals surface area contributed by atoms with Crippen molar-refractivity contribution in [3.8, 4) is 6.07 Å². The van der Waals surface area contributed by atoms with E-state index in [4.69, 9.17) is 5.26 Å². The van der Waals surface area contributed by atoms with Crippen LogP contribution in [0.5, 0.6) is 0 Å². The minimum Gasteiger partial charge on any atom is -0.295 e. The van der Waals surface area contributed by atoms with Gasteiger partial charge in [0.15, 0.2) is 0 Å². The van der Waals surface area contributed by atoms with E-state index in [0.717, 1.165) is 39.1 Å². The van der Waals surface area contributed by atoms with E-state index >= 15 is 0 Å². The molecule has 0 spiro atoms. The Labute approximate surface area is 115 Å². The van der Waals surface area contributed by atoms with Crippen LogP contribution in [0.15, 0.2) is 18.3 Å². The molecule has 1 unspecified atom stereocenters. The largest absolute Gasteiger partial charge is 0.295 e. The summed E-state index contributed by atoms with van der Waals surface area (Å²) in [7, 11) is 0. The van der Waals surface area contributed by atoms with Crippen molar-refractivity contribution in [1.82, 2.24) is 14.8 Å². The molecule has 4 nitrogen and oxygen atoms in total. The second kappa shape index (κ2) is 6.65. The van der Waals surface area contributed by atoms with Crippen molar-refractivity contribution in [3.63, 3.8) is 0 Å². The van der Waals surface area contributed by atoms with Gasteiger partial charge in [0.25, 0.3) is 0 Å². The van der Waals surface area contributed by atoms with Gasteiger partial charge in [-0.15, -0.1) is 0 Å². The second-order valence-electron chi connectivity index (χ2n) is 5.13. The predicted molar refractivity (Wildman–Crippen MR) is 75.5 cm³/mol. The number of rotatable bonds is 4. The fourth-order valence-electron chi connectivity index (χ4n) is 2.56. The summed E-state index contributed by atoms with van der Waals surface area (Å²) in [6, 6.07) is 6.57. The van der Waals surface area contributed by atoms with Crippen molar-refractivity contribution in [2.24, 2.45) is 0 Å². The first kappa shape index (κ1) is 14.0. The van der Waals surface area contributed by atoms with Gasteiger partial charge in [0.1, 0.15) is 0 Å². The van der Waals surface area contributed by atoms with E-state index in [2.05, 4.69) is 40.8 Å². The molecule has 0 N–H and O–H groups in total. The van der Waals surface area contributed by atoms with Gasteiger partial charge < -0.3 is 0 Å². The summed E-state index contributed by atoms with van der Waals surface area (Å²) in [5, 5.41) is 9.10. The van der Waals surface area contributed by atoms with Crippen LogP contribution in [-0.4, -0.2) is 47.0 Å². The molecule has 0 saturated carbocycles. The van der Waals surface area contributed by atoms with E-state index in [-0.39, 0.29) is 6.04 Å². The highest BCUT2D eigenvalue weighted by Gasteiger charge is 2.22. The maximum atomic E-state index is 9.10. The Balaban J connectivity index is 1.87. The Kier molecular flexibility index (Phi) is 4.89. The molecule has 1 aromatic heterocycles. The second-order valence-corrected chi connectivity index (χ2v) is 5.13. The van der Waals surface area contributed by atoms with Gasteiger partial charge in [0.2, 0.25) is 0 Å². The Morgan fingerprint density at radius 3 is 2.68 bits per heavy atom. The Morgan fingerprint density at radius 2 is 2.11 bits per heavy atom. The van der Waals surface area contributed by atoms with Crippen LogP contribution in [0, 0.1) is 18.3 Å². The number of nitriles is 1. The van der Waals surface area contributed by atoms with Crippen molar-refractivity contribution in [3.05, 3.63) is 29.6 Å².